The molecule has 0 atom stereocenters. The number of aromatic nitrogens is 3. The minimum Gasteiger partial charge on any atom is -0.272 e. The number of hydrogen-bond acceptors (Lipinski definition) is 7. The van der Waals surface area contributed by atoms with E-state index in [9.17, 15) is 19.7 Å². The van der Waals surface area contributed by atoms with Crippen molar-refractivity contribution < 1.29 is 14.5 Å². The van der Waals surface area contributed by atoms with Gasteiger partial charge in [0.2, 0.25) is 11.1 Å². The molecule has 0 saturated carbocycles. The van der Waals surface area contributed by atoms with Gasteiger partial charge in [-0.3, -0.25) is 35.7 Å². The summed E-state index contributed by atoms with van der Waals surface area (Å²) < 4.78 is 0. The van der Waals surface area contributed by atoms with Crippen LogP contribution in [0.4, 0.5) is 5.69 Å². The average Bonchev–Trinajstić information content (AvgIpc) is 3.07. The summed E-state index contributed by atoms with van der Waals surface area (Å²) in [5, 5.41) is 17.9. The molecule has 0 fully saturated rings. The first-order valence-corrected chi connectivity index (χ1v) is 8.24. The summed E-state index contributed by atoms with van der Waals surface area (Å²) in [5.74, 6) is -0.182. The summed E-state index contributed by atoms with van der Waals surface area (Å²) in [6.07, 6.45) is 0. The van der Waals surface area contributed by atoms with E-state index in [4.69, 9.17) is 0 Å². The molecule has 25 heavy (non-hydrogen) atoms. The molecule has 1 aromatic heterocycles. The molecule has 132 valence electrons. The predicted octanol–water partition coefficient (Wildman–Crippen LogP) is 1.39. The molecule has 0 aliphatic rings. The Labute approximate surface area is 146 Å². The van der Waals surface area contributed by atoms with Crippen molar-refractivity contribution in [1.82, 2.24) is 26.0 Å². The van der Waals surface area contributed by atoms with E-state index < -0.39 is 16.7 Å². The molecule has 11 heteroatoms. The zero-order valence-corrected chi connectivity index (χ0v) is 14.3. The number of carbonyl (C=O) groups is 2. The largest absolute Gasteiger partial charge is 0.272 e. The molecular weight excluding hydrogens is 348 g/mol. The Morgan fingerprint density at radius 1 is 1.36 bits per heavy atom. The zero-order chi connectivity index (χ0) is 18.4. The first-order chi connectivity index (χ1) is 11.9. The Bertz CT molecular complexity index is 791. The van der Waals surface area contributed by atoms with Gasteiger partial charge < -0.3 is 0 Å². The lowest BCUT2D eigenvalue weighted by molar-refractivity contribution is -0.384. The quantitative estimate of drug-likeness (QED) is 0.399. The molecule has 0 radical (unpaired) electrons. The lowest BCUT2D eigenvalue weighted by atomic mass is 10.2. The maximum atomic E-state index is 11.9. The first kappa shape index (κ1) is 18.4. The van der Waals surface area contributed by atoms with Crippen LogP contribution in [0, 0.1) is 10.1 Å². The minimum atomic E-state index is -0.651. The van der Waals surface area contributed by atoms with E-state index in [1.54, 1.807) is 0 Å². The minimum absolute atomic E-state index is 0.00457. The number of H-pyrrole nitrogens is 1. The van der Waals surface area contributed by atoms with E-state index in [1.807, 2.05) is 13.8 Å². The van der Waals surface area contributed by atoms with Crippen LogP contribution in [-0.2, 0) is 4.79 Å². The molecule has 1 aromatic carbocycles. The summed E-state index contributed by atoms with van der Waals surface area (Å²) in [4.78, 5) is 37.9. The lowest BCUT2D eigenvalue weighted by Gasteiger charge is -2.06. The number of nitrogens with zero attached hydrogens (tertiary/aromatic N) is 3. The average molecular weight is 364 g/mol. The van der Waals surface area contributed by atoms with Crippen molar-refractivity contribution >= 4 is 29.3 Å². The van der Waals surface area contributed by atoms with Gasteiger partial charge in [0.25, 0.3) is 11.6 Å². The van der Waals surface area contributed by atoms with Crippen molar-refractivity contribution in [2.24, 2.45) is 0 Å². The number of benzene rings is 1. The van der Waals surface area contributed by atoms with Crippen molar-refractivity contribution in [2.75, 3.05) is 5.75 Å². The summed E-state index contributed by atoms with van der Waals surface area (Å²) >= 11 is 1.11. The van der Waals surface area contributed by atoms with E-state index in [0.717, 1.165) is 23.7 Å². The van der Waals surface area contributed by atoms with Gasteiger partial charge >= 0.3 is 0 Å². The summed E-state index contributed by atoms with van der Waals surface area (Å²) in [5.41, 5.74) is 4.30. The highest BCUT2D eigenvalue weighted by atomic mass is 32.2. The molecular formula is C14H16N6O4S. The Kier molecular flexibility index (Phi) is 6.06. The highest BCUT2D eigenvalue weighted by Gasteiger charge is 2.13. The standard InChI is InChI=1S/C14H16N6O4S/c1-8(2)12-15-14(19-17-12)25-7-11(21)16-18-13(22)9-4-3-5-10(6-9)20(23)24/h3-6,8H,7H2,1-2H3,(H,16,21)(H,18,22)(H,15,17,19). The molecule has 1 heterocycles. The molecule has 2 rings (SSSR count). The Balaban J connectivity index is 1.81. The monoisotopic (exact) mass is 364 g/mol. The molecule has 2 aromatic rings. The number of nitro benzene ring substituents is 1. The fourth-order valence-corrected chi connectivity index (χ4v) is 2.31. The van der Waals surface area contributed by atoms with Crippen molar-refractivity contribution in [3.63, 3.8) is 0 Å². The molecule has 0 unspecified atom stereocenters. The van der Waals surface area contributed by atoms with Crippen LogP contribution in [0.15, 0.2) is 29.4 Å². The normalized spacial score (nSPS) is 10.5. The molecule has 0 bridgehead atoms. The summed E-state index contributed by atoms with van der Waals surface area (Å²) in [7, 11) is 0. The van der Waals surface area contributed by atoms with Gasteiger partial charge in [0.15, 0.2) is 0 Å². The second-order valence-corrected chi connectivity index (χ2v) is 6.20. The fourth-order valence-electron chi connectivity index (χ4n) is 1.71. The summed E-state index contributed by atoms with van der Waals surface area (Å²) in [6, 6.07) is 5.19. The van der Waals surface area contributed by atoms with Gasteiger partial charge in [-0.05, 0) is 6.07 Å². The number of hydrogen-bond donors (Lipinski definition) is 3. The van der Waals surface area contributed by atoms with Crippen LogP contribution in [0.5, 0.6) is 0 Å². The van der Waals surface area contributed by atoms with Crippen LogP contribution in [0.2, 0.25) is 0 Å². The van der Waals surface area contributed by atoms with Gasteiger partial charge in [0, 0.05) is 23.6 Å². The predicted molar refractivity (Wildman–Crippen MR) is 89.9 cm³/mol. The SMILES string of the molecule is CC(C)c1nc(SCC(=O)NNC(=O)c2cccc([N+](=O)[O-])c2)n[nH]1. The maximum absolute atomic E-state index is 11.9. The van der Waals surface area contributed by atoms with Crippen molar-refractivity contribution in [1.29, 1.82) is 0 Å². The van der Waals surface area contributed by atoms with Crippen LogP contribution in [-0.4, -0.2) is 37.7 Å². The summed E-state index contributed by atoms with van der Waals surface area (Å²) in [6.45, 7) is 3.93. The topological polar surface area (TPSA) is 143 Å². The van der Waals surface area contributed by atoms with Gasteiger partial charge in [0.05, 0.1) is 10.7 Å². The third kappa shape index (κ3) is 5.28. The number of nitrogens with one attached hydrogen (secondary N) is 3. The number of nitro groups is 1. The van der Waals surface area contributed by atoms with Gasteiger partial charge in [-0.2, -0.15) is 0 Å². The number of amides is 2. The van der Waals surface area contributed by atoms with Crippen molar-refractivity contribution in [2.45, 2.75) is 24.9 Å². The molecule has 0 aliphatic heterocycles. The van der Waals surface area contributed by atoms with E-state index in [0.29, 0.717) is 5.16 Å². The second-order valence-electron chi connectivity index (χ2n) is 5.26. The Hall–Kier alpha value is -2.95. The molecule has 0 spiro atoms. The van der Waals surface area contributed by atoms with Gasteiger partial charge in [0.1, 0.15) is 5.82 Å². The number of hydrazine groups is 1. The molecule has 0 saturated heterocycles. The highest BCUT2D eigenvalue weighted by molar-refractivity contribution is 7.99. The Morgan fingerprint density at radius 2 is 2.12 bits per heavy atom. The molecule has 2 amide bonds. The number of aromatic amines is 1. The lowest BCUT2D eigenvalue weighted by Crippen LogP contribution is -2.42. The maximum Gasteiger partial charge on any atom is 0.270 e. The number of rotatable bonds is 6. The number of non-ortho nitro benzene ring substituents is 1. The number of thioether (sulfide) groups is 1. The van der Waals surface area contributed by atoms with E-state index >= 15 is 0 Å². The van der Waals surface area contributed by atoms with Crippen LogP contribution < -0.4 is 10.9 Å². The van der Waals surface area contributed by atoms with Crippen LogP contribution in [0.3, 0.4) is 0 Å². The van der Waals surface area contributed by atoms with Crippen molar-refractivity contribution in [3.05, 3.63) is 45.8 Å². The van der Waals surface area contributed by atoms with E-state index in [2.05, 4.69) is 26.0 Å². The third-order valence-corrected chi connectivity index (χ3v) is 3.84. The van der Waals surface area contributed by atoms with Crippen LogP contribution >= 0.6 is 11.8 Å². The smallest absolute Gasteiger partial charge is 0.270 e. The highest BCUT2D eigenvalue weighted by Crippen LogP contribution is 2.15. The molecule has 3 N–H and O–H groups in total. The molecule has 10 nitrogen and oxygen atoms in total. The van der Waals surface area contributed by atoms with Gasteiger partial charge in [-0.25, -0.2) is 4.98 Å². The fraction of sp³-hybridized carbons (Fsp3) is 0.286. The second kappa shape index (κ2) is 8.24. The first-order valence-electron chi connectivity index (χ1n) is 7.25. The van der Waals surface area contributed by atoms with Gasteiger partial charge in [-0.15, -0.1) is 5.10 Å². The Morgan fingerprint density at radius 3 is 2.76 bits per heavy atom. The van der Waals surface area contributed by atoms with E-state index in [-0.39, 0.29) is 22.9 Å². The van der Waals surface area contributed by atoms with Crippen LogP contribution in [0.25, 0.3) is 0 Å². The third-order valence-electron chi connectivity index (χ3n) is 3.00. The van der Waals surface area contributed by atoms with Crippen molar-refractivity contribution in [3.8, 4) is 0 Å². The van der Waals surface area contributed by atoms with E-state index in [1.165, 1.54) is 18.2 Å². The molecule has 0 aliphatic carbocycles. The number of carbonyl (C=O) groups excluding carboxylic acids is 2. The zero-order valence-electron chi connectivity index (χ0n) is 13.5. The van der Waals surface area contributed by atoms with Gasteiger partial charge in [-0.1, -0.05) is 31.7 Å². The van der Waals surface area contributed by atoms with Crippen LogP contribution in [0.1, 0.15) is 35.9 Å².